The minimum Gasteiger partial charge on any atom is -0.507 e. The largest absolute Gasteiger partial charge is 0.507 e. The number of carbonyl (C=O) groups excluding carboxylic acids is 1. The molecule has 0 bridgehead atoms. The number of carbonyl (C=O) groups is 1. The summed E-state index contributed by atoms with van der Waals surface area (Å²) in [5, 5.41) is 21.6. The summed E-state index contributed by atoms with van der Waals surface area (Å²) < 4.78 is 0. The first-order valence-corrected chi connectivity index (χ1v) is 5.06. The number of rotatable bonds is 2. The zero-order valence-electron chi connectivity index (χ0n) is 8.92. The van der Waals surface area contributed by atoms with Crippen LogP contribution >= 0.6 is 0 Å². The van der Waals surface area contributed by atoms with E-state index in [9.17, 15) is 15.0 Å². The molecule has 0 aromatic heterocycles. The monoisotopic (exact) mass is 229 g/mol. The molecule has 86 valence electrons. The van der Waals surface area contributed by atoms with Crippen molar-refractivity contribution in [1.82, 2.24) is 0 Å². The summed E-state index contributed by atoms with van der Waals surface area (Å²) in [7, 11) is 0. The van der Waals surface area contributed by atoms with Crippen LogP contribution in [0.25, 0.3) is 0 Å². The summed E-state index contributed by atoms with van der Waals surface area (Å²) in [6.45, 7) is 0. The van der Waals surface area contributed by atoms with Crippen LogP contribution in [0, 0.1) is 0 Å². The Morgan fingerprint density at radius 1 is 0.882 bits per heavy atom. The quantitative estimate of drug-likeness (QED) is 0.740. The van der Waals surface area contributed by atoms with Gasteiger partial charge in [0.1, 0.15) is 17.1 Å². The Morgan fingerprint density at radius 2 is 1.47 bits per heavy atom. The fourth-order valence-electron chi connectivity index (χ4n) is 1.48. The molecule has 0 fully saturated rings. The molecule has 0 aliphatic rings. The van der Waals surface area contributed by atoms with Gasteiger partial charge in [-0.25, -0.2) is 0 Å². The van der Waals surface area contributed by atoms with Gasteiger partial charge >= 0.3 is 0 Å². The molecule has 0 radical (unpaired) electrons. The van der Waals surface area contributed by atoms with Gasteiger partial charge in [-0.15, -0.1) is 0 Å². The van der Waals surface area contributed by atoms with Gasteiger partial charge in [0, 0.05) is 5.69 Å². The molecule has 2 aromatic rings. The van der Waals surface area contributed by atoms with Gasteiger partial charge in [-0.05, 0) is 24.3 Å². The van der Waals surface area contributed by atoms with Crippen molar-refractivity contribution in [1.29, 1.82) is 0 Å². The summed E-state index contributed by atoms with van der Waals surface area (Å²) in [5.74, 6) is -1.05. The Hall–Kier alpha value is -2.49. The van der Waals surface area contributed by atoms with E-state index in [1.807, 2.05) is 6.07 Å². The van der Waals surface area contributed by atoms with Crippen molar-refractivity contribution in [3.05, 3.63) is 54.1 Å². The van der Waals surface area contributed by atoms with Crippen molar-refractivity contribution >= 4 is 11.6 Å². The summed E-state index contributed by atoms with van der Waals surface area (Å²) in [6.07, 6.45) is 0. The Balaban J connectivity index is 2.27. The molecular formula is C13H11NO3. The average molecular weight is 229 g/mol. The van der Waals surface area contributed by atoms with Crippen LogP contribution in [0.5, 0.6) is 11.5 Å². The molecule has 0 aliphatic heterocycles. The molecule has 3 N–H and O–H groups in total. The van der Waals surface area contributed by atoms with Gasteiger partial charge in [-0.3, -0.25) is 4.79 Å². The number of benzene rings is 2. The molecule has 0 saturated heterocycles. The molecule has 4 nitrogen and oxygen atoms in total. The highest BCUT2D eigenvalue weighted by Gasteiger charge is 2.15. The normalized spacial score (nSPS) is 9.88. The van der Waals surface area contributed by atoms with Crippen molar-refractivity contribution in [2.75, 3.05) is 5.32 Å². The molecule has 17 heavy (non-hydrogen) atoms. The zero-order valence-corrected chi connectivity index (χ0v) is 8.92. The molecular weight excluding hydrogens is 218 g/mol. The Labute approximate surface area is 98.2 Å². The van der Waals surface area contributed by atoms with E-state index in [-0.39, 0.29) is 17.1 Å². The van der Waals surface area contributed by atoms with Crippen molar-refractivity contribution in [2.24, 2.45) is 0 Å². The molecule has 0 aliphatic carbocycles. The van der Waals surface area contributed by atoms with E-state index in [2.05, 4.69) is 5.32 Å². The van der Waals surface area contributed by atoms with Gasteiger partial charge in [0.25, 0.3) is 5.91 Å². The molecule has 0 unspecified atom stereocenters. The van der Waals surface area contributed by atoms with Crippen LogP contribution in [0.4, 0.5) is 5.69 Å². The number of aromatic hydroxyl groups is 2. The topological polar surface area (TPSA) is 69.6 Å². The number of hydrogen-bond donors (Lipinski definition) is 3. The molecule has 1 amide bonds. The van der Waals surface area contributed by atoms with E-state index < -0.39 is 5.91 Å². The molecule has 0 heterocycles. The van der Waals surface area contributed by atoms with Gasteiger partial charge in [-0.1, -0.05) is 24.3 Å². The Bertz CT molecular complexity index is 517. The number of phenols is 2. The molecule has 2 aromatic carbocycles. The predicted molar refractivity (Wildman–Crippen MR) is 64.2 cm³/mol. The highest BCUT2D eigenvalue weighted by Crippen LogP contribution is 2.26. The number of phenolic OH excluding ortho intramolecular Hbond substituents is 2. The van der Waals surface area contributed by atoms with Crippen molar-refractivity contribution < 1.29 is 15.0 Å². The van der Waals surface area contributed by atoms with Crippen LogP contribution in [-0.2, 0) is 0 Å². The van der Waals surface area contributed by atoms with Crippen LogP contribution in [0.1, 0.15) is 10.4 Å². The lowest BCUT2D eigenvalue weighted by Gasteiger charge is -2.08. The first kappa shape index (κ1) is 11.0. The maximum Gasteiger partial charge on any atom is 0.263 e. The lowest BCUT2D eigenvalue weighted by atomic mass is 10.1. The number of para-hydroxylation sites is 1. The molecule has 0 saturated carbocycles. The third-order valence-corrected chi connectivity index (χ3v) is 2.28. The summed E-state index contributed by atoms with van der Waals surface area (Å²) in [6, 6.07) is 13.0. The van der Waals surface area contributed by atoms with E-state index >= 15 is 0 Å². The number of nitrogens with one attached hydrogen (secondary N) is 1. The van der Waals surface area contributed by atoms with Crippen LogP contribution in [0.15, 0.2) is 48.5 Å². The minimum atomic E-state index is -0.549. The maximum absolute atomic E-state index is 11.8. The first-order chi connectivity index (χ1) is 8.18. The third kappa shape index (κ3) is 2.36. The number of amides is 1. The van der Waals surface area contributed by atoms with Crippen LogP contribution in [-0.4, -0.2) is 16.1 Å². The average Bonchev–Trinajstić information content (AvgIpc) is 2.30. The third-order valence-electron chi connectivity index (χ3n) is 2.28. The van der Waals surface area contributed by atoms with Gasteiger partial charge in [0.15, 0.2) is 0 Å². The number of anilines is 1. The van der Waals surface area contributed by atoms with Crippen LogP contribution < -0.4 is 5.32 Å². The van der Waals surface area contributed by atoms with Crippen LogP contribution in [0.3, 0.4) is 0 Å². The molecule has 0 spiro atoms. The summed E-state index contributed by atoms with van der Waals surface area (Å²) >= 11 is 0. The fourth-order valence-corrected chi connectivity index (χ4v) is 1.48. The molecule has 4 heteroatoms. The second-order valence-electron chi connectivity index (χ2n) is 3.49. The predicted octanol–water partition coefficient (Wildman–Crippen LogP) is 2.35. The highest BCUT2D eigenvalue weighted by atomic mass is 16.3. The van der Waals surface area contributed by atoms with Gasteiger partial charge < -0.3 is 15.5 Å². The van der Waals surface area contributed by atoms with E-state index in [0.717, 1.165) is 0 Å². The molecule has 2 rings (SSSR count). The number of hydrogen-bond acceptors (Lipinski definition) is 3. The van der Waals surface area contributed by atoms with Gasteiger partial charge in [-0.2, -0.15) is 0 Å². The van der Waals surface area contributed by atoms with E-state index in [1.54, 1.807) is 24.3 Å². The van der Waals surface area contributed by atoms with E-state index in [1.165, 1.54) is 18.2 Å². The maximum atomic E-state index is 11.8. The second kappa shape index (κ2) is 4.57. The SMILES string of the molecule is O=C(Nc1ccccc1)c1c(O)cccc1O. The Kier molecular flexibility index (Phi) is 2.96. The van der Waals surface area contributed by atoms with Crippen molar-refractivity contribution in [3.8, 4) is 11.5 Å². The van der Waals surface area contributed by atoms with Gasteiger partial charge in [0.05, 0.1) is 0 Å². The minimum absolute atomic E-state index is 0.128. The lowest BCUT2D eigenvalue weighted by Crippen LogP contribution is -2.12. The Morgan fingerprint density at radius 3 is 2.06 bits per heavy atom. The van der Waals surface area contributed by atoms with Crippen molar-refractivity contribution in [3.63, 3.8) is 0 Å². The van der Waals surface area contributed by atoms with Crippen LogP contribution in [0.2, 0.25) is 0 Å². The lowest BCUT2D eigenvalue weighted by molar-refractivity contribution is 0.102. The standard InChI is InChI=1S/C13H11NO3/c15-10-7-4-8-11(16)12(10)13(17)14-9-5-2-1-3-6-9/h1-8,15-16H,(H,14,17). The zero-order chi connectivity index (χ0) is 12.3. The van der Waals surface area contributed by atoms with Crippen molar-refractivity contribution in [2.45, 2.75) is 0 Å². The highest BCUT2D eigenvalue weighted by molar-refractivity contribution is 6.08. The molecule has 0 atom stereocenters. The smallest absolute Gasteiger partial charge is 0.263 e. The van der Waals surface area contributed by atoms with Gasteiger partial charge in [0.2, 0.25) is 0 Å². The van der Waals surface area contributed by atoms with E-state index in [4.69, 9.17) is 0 Å². The summed E-state index contributed by atoms with van der Waals surface area (Å²) in [4.78, 5) is 11.8. The second-order valence-corrected chi connectivity index (χ2v) is 3.49. The first-order valence-electron chi connectivity index (χ1n) is 5.06. The fraction of sp³-hybridized carbons (Fsp3) is 0. The van der Waals surface area contributed by atoms with E-state index in [0.29, 0.717) is 5.69 Å². The summed E-state index contributed by atoms with van der Waals surface area (Å²) in [5.41, 5.74) is 0.469.